The van der Waals surface area contributed by atoms with Crippen molar-refractivity contribution < 1.29 is 44.0 Å². The Bertz CT molecular complexity index is 507. The van der Waals surface area contributed by atoms with E-state index in [9.17, 15) is 35.0 Å². The molecule has 0 bridgehead atoms. The van der Waals surface area contributed by atoms with Gasteiger partial charge in [-0.15, -0.1) is 0 Å². The van der Waals surface area contributed by atoms with Crippen molar-refractivity contribution in [1.82, 2.24) is 0 Å². The maximum absolute atomic E-state index is 12.1. The number of hydrogen-bond donors (Lipinski definition) is 3. The highest BCUT2D eigenvalue weighted by atomic mass is 16.7. The maximum atomic E-state index is 12.1. The number of esters is 1. The molecule has 3 N–H and O–H groups in total. The highest BCUT2D eigenvalue weighted by Gasteiger charge is 2.71. The monoisotopic (exact) mass is 351 g/mol. The molecule has 1 fully saturated rings. The van der Waals surface area contributed by atoms with Crippen LogP contribution in [0.5, 0.6) is 0 Å². The third-order valence-corrected chi connectivity index (χ3v) is 4.11. The van der Waals surface area contributed by atoms with E-state index in [0.717, 1.165) is 0 Å². The summed E-state index contributed by atoms with van der Waals surface area (Å²) < 4.78 is 14.6. The first-order chi connectivity index (χ1) is 11.1. The summed E-state index contributed by atoms with van der Waals surface area (Å²) in [5.74, 6) is -4.34. The van der Waals surface area contributed by atoms with Crippen LogP contribution in [-0.2, 0) is 23.8 Å². The Morgan fingerprint density at radius 1 is 1.25 bits per heavy atom. The Labute approximate surface area is 137 Å². The number of aliphatic carboxylic acids is 1. The van der Waals surface area contributed by atoms with Crippen molar-refractivity contribution in [3.63, 3.8) is 0 Å². The van der Waals surface area contributed by atoms with Gasteiger partial charge in [-0.1, -0.05) is 0 Å². The molecule has 0 radical (unpaired) electrons. The molecule has 0 heterocycles. The lowest BCUT2D eigenvalue weighted by atomic mass is 9.66. The van der Waals surface area contributed by atoms with Crippen LogP contribution in [0.1, 0.15) is 19.8 Å². The summed E-state index contributed by atoms with van der Waals surface area (Å²) in [5.41, 5.74) is -5.87. The first-order valence-electron chi connectivity index (χ1n) is 7.12. The molecular formula is C13H21NO10. The molecule has 1 rings (SSSR count). The number of ether oxygens (including phenoxy) is 3. The summed E-state index contributed by atoms with van der Waals surface area (Å²) in [7, 11) is 2.47. The summed E-state index contributed by atoms with van der Waals surface area (Å²) >= 11 is 0. The van der Waals surface area contributed by atoms with Gasteiger partial charge in [0.25, 0.3) is 6.04 Å². The summed E-state index contributed by atoms with van der Waals surface area (Å²) in [6, 6.07) is -2.51. The van der Waals surface area contributed by atoms with Crippen LogP contribution in [0.4, 0.5) is 0 Å². The standard InChI is InChI=1S/C13H21NO10/c1-4-24-11(17)13(19)6-7(8(22-2)23-3)5-12(18,10(15)16)9(13)14(20)21/h7-9,18-19H,4-6H2,1-3H3,(H,15,16)/t7-,9-,12-,13+/m1/s1. The molecule has 0 aliphatic heterocycles. The number of nitrogens with zero attached hydrogens (tertiary/aromatic N) is 1. The molecule has 1 aliphatic carbocycles. The molecule has 0 aromatic heterocycles. The van der Waals surface area contributed by atoms with Gasteiger partial charge in [0.2, 0.25) is 11.2 Å². The first kappa shape index (κ1) is 20.2. The van der Waals surface area contributed by atoms with Gasteiger partial charge in [-0.3, -0.25) is 10.1 Å². The average molecular weight is 351 g/mol. The van der Waals surface area contributed by atoms with Gasteiger partial charge >= 0.3 is 11.9 Å². The fourth-order valence-electron chi connectivity index (χ4n) is 3.17. The molecule has 0 aromatic carbocycles. The first-order valence-corrected chi connectivity index (χ1v) is 7.12. The maximum Gasteiger partial charge on any atom is 0.345 e. The lowest BCUT2D eigenvalue weighted by molar-refractivity contribution is -0.567. The fraction of sp³-hybridized carbons (Fsp3) is 0.846. The number of carboxylic acids is 1. The minimum Gasteiger partial charge on any atom is -0.479 e. The van der Waals surface area contributed by atoms with E-state index in [1.165, 1.54) is 21.1 Å². The normalized spacial score (nSPS) is 33.2. The number of hydrogen-bond acceptors (Lipinski definition) is 9. The molecule has 11 nitrogen and oxygen atoms in total. The molecule has 0 unspecified atom stereocenters. The zero-order valence-electron chi connectivity index (χ0n) is 13.5. The van der Waals surface area contributed by atoms with Crippen LogP contribution in [-0.4, -0.2) is 76.5 Å². The zero-order valence-corrected chi connectivity index (χ0v) is 13.5. The molecule has 4 atom stereocenters. The lowest BCUT2D eigenvalue weighted by Crippen LogP contribution is -2.71. The molecule has 24 heavy (non-hydrogen) atoms. The minimum atomic E-state index is -3.01. The Balaban J connectivity index is 3.46. The topological polar surface area (TPSA) is 166 Å². The molecule has 0 amide bonds. The van der Waals surface area contributed by atoms with Gasteiger partial charge < -0.3 is 29.5 Å². The van der Waals surface area contributed by atoms with Gasteiger partial charge in [0, 0.05) is 37.9 Å². The quantitative estimate of drug-likeness (QED) is 0.219. The molecule has 0 saturated heterocycles. The van der Waals surface area contributed by atoms with Crippen LogP contribution in [0, 0.1) is 16.0 Å². The van der Waals surface area contributed by atoms with E-state index in [1.807, 2.05) is 0 Å². The summed E-state index contributed by atoms with van der Waals surface area (Å²) in [6.07, 6.45) is -2.31. The Morgan fingerprint density at radius 3 is 2.12 bits per heavy atom. The second-order valence-electron chi connectivity index (χ2n) is 5.57. The van der Waals surface area contributed by atoms with Crippen LogP contribution in [0.3, 0.4) is 0 Å². The van der Waals surface area contributed by atoms with Crippen LogP contribution in [0.15, 0.2) is 0 Å². The molecule has 138 valence electrons. The predicted octanol–water partition coefficient (Wildman–Crippen LogP) is -1.23. The molecule has 0 spiro atoms. The van der Waals surface area contributed by atoms with Crippen molar-refractivity contribution >= 4 is 11.9 Å². The van der Waals surface area contributed by atoms with Gasteiger partial charge in [-0.05, 0) is 6.92 Å². The second-order valence-corrected chi connectivity index (χ2v) is 5.57. The van der Waals surface area contributed by atoms with Gasteiger partial charge in [0.05, 0.1) is 6.61 Å². The Morgan fingerprint density at radius 2 is 1.75 bits per heavy atom. The number of aliphatic hydroxyl groups is 2. The molecule has 1 saturated carbocycles. The van der Waals surface area contributed by atoms with Gasteiger partial charge in [0.15, 0.2) is 6.29 Å². The third kappa shape index (κ3) is 3.34. The average Bonchev–Trinajstić information content (AvgIpc) is 2.47. The van der Waals surface area contributed by atoms with E-state index in [1.54, 1.807) is 0 Å². The van der Waals surface area contributed by atoms with E-state index >= 15 is 0 Å². The Kier molecular flexibility index (Phi) is 6.22. The highest BCUT2D eigenvalue weighted by Crippen LogP contribution is 2.43. The van der Waals surface area contributed by atoms with Gasteiger partial charge in [0.1, 0.15) is 0 Å². The number of carboxylic acid groups (broad SMARTS) is 1. The number of carbonyl (C=O) groups is 2. The lowest BCUT2D eigenvalue weighted by Gasteiger charge is -2.44. The zero-order chi connectivity index (χ0) is 18.7. The SMILES string of the molecule is CCOC(=O)[C@]1(O)C[C@H](C(OC)OC)C[C@](O)(C(=O)O)[C@H]1[N+](=O)[O-]. The number of carbonyl (C=O) groups excluding carboxylic acids is 1. The van der Waals surface area contributed by atoms with E-state index < -0.39 is 59.2 Å². The van der Waals surface area contributed by atoms with E-state index in [4.69, 9.17) is 9.47 Å². The van der Waals surface area contributed by atoms with Crippen molar-refractivity contribution in [3.05, 3.63) is 10.1 Å². The highest BCUT2D eigenvalue weighted by molar-refractivity contribution is 5.85. The van der Waals surface area contributed by atoms with Gasteiger partial charge in [-0.25, -0.2) is 9.59 Å². The van der Waals surface area contributed by atoms with Gasteiger partial charge in [-0.2, -0.15) is 0 Å². The number of nitro groups is 1. The summed E-state index contributed by atoms with van der Waals surface area (Å²) in [6.45, 7) is 1.22. The summed E-state index contributed by atoms with van der Waals surface area (Å²) in [4.78, 5) is 33.8. The second kappa shape index (κ2) is 7.38. The largest absolute Gasteiger partial charge is 0.479 e. The minimum absolute atomic E-state index is 0.195. The van der Waals surface area contributed by atoms with E-state index in [0.29, 0.717) is 0 Å². The number of methoxy groups -OCH3 is 2. The Hall–Kier alpha value is -1.82. The number of rotatable bonds is 7. The van der Waals surface area contributed by atoms with Crippen molar-refractivity contribution in [2.75, 3.05) is 20.8 Å². The third-order valence-electron chi connectivity index (χ3n) is 4.11. The molecule has 1 aliphatic rings. The predicted molar refractivity (Wildman–Crippen MR) is 75.5 cm³/mol. The molecular weight excluding hydrogens is 330 g/mol. The van der Waals surface area contributed by atoms with E-state index in [-0.39, 0.29) is 6.61 Å². The molecule has 11 heteroatoms. The smallest absolute Gasteiger partial charge is 0.345 e. The van der Waals surface area contributed by atoms with E-state index in [2.05, 4.69) is 4.74 Å². The van der Waals surface area contributed by atoms with Crippen molar-refractivity contribution in [2.24, 2.45) is 5.92 Å². The van der Waals surface area contributed by atoms with Crippen LogP contribution in [0.2, 0.25) is 0 Å². The van der Waals surface area contributed by atoms with Crippen LogP contribution >= 0.6 is 0 Å². The van der Waals surface area contributed by atoms with Crippen LogP contribution < -0.4 is 0 Å². The van der Waals surface area contributed by atoms with Crippen LogP contribution in [0.25, 0.3) is 0 Å². The molecule has 0 aromatic rings. The van der Waals surface area contributed by atoms with Crippen molar-refractivity contribution in [3.8, 4) is 0 Å². The summed E-state index contributed by atoms with van der Waals surface area (Å²) in [5, 5.41) is 41.7. The fourth-order valence-corrected chi connectivity index (χ4v) is 3.17. The van der Waals surface area contributed by atoms with Crippen molar-refractivity contribution in [1.29, 1.82) is 0 Å². The van der Waals surface area contributed by atoms with Crippen molar-refractivity contribution in [2.45, 2.75) is 43.3 Å².